The van der Waals surface area contributed by atoms with Crippen LogP contribution in [-0.4, -0.2) is 70.2 Å². The Morgan fingerprint density at radius 3 is 2.76 bits per heavy atom. The summed E-state index contributed by atoms with van der Waals surface area (Å²) in [6.45, 7) is 5.17. The Kier molecular flexibility index (Phi) is 8.44. The molecule has 8 nitrogen and oxygen atoms in total. The van der Waals surface area contributed by atoms with Crippen molar-refractivity contribution < 1.29 is 9.13 Å². The number of rotatable bonds is 9. The molecule has 180 valence electrons. The molecule has 1 aromatic carbocycles. The summed E-state index contributed by atoms with van der Waals surface area (Å²) >= 11 is 2.00. The number of nitrogens with zero attached hydrogens (tertiary/aromatic N) is 4. The lowest BCUT2D eigenvalue weighted by atomic mass is 10.1. The lowest BCUT2D eigenvalue weighted by molar-refractivity contribution is 0.277. The van der Waals surface area contributed by atoms with Crippen LogP contribution in [-0.2, 0) is 0 Å². The van der Waals surface area contributed by atoms with Gasteiger partial charge in [-0.2, -0.15) is 26.7 Å². The maximum absolute atomic E-state index is 14.2. The Morgan fingerprint density at radius 2 is 1.94 bits per heavy atom. The van der Waals surface area contributed by atoms with Crippen LogP contribution in [0.4, 0.5) is 27.9 Å². The number of likely N-dealkylation sites (tertiary alicyclic amines) is 1. The lowest BCUT2D eigenvalue weighted by Gasteiger charge is -2.23. The molecule has 0 spiro atoms. The number of likely N-dealkylation sites (N-methyl/N-ethyl adjacent to an activating group) is 1. The highest BCUT2D eigenvalue weighted by atomic mass is 32.2. The summed E-state index contributed by atoms with van der Waals surface area (Å²) in [5.74, 6) is 3.54. The van der Waals surface area contributed by atoms with Crippen molar-refractivity contribution in [2.75, 3.05) is 54.2 Å². The first-order valence-corrected chi connectivity index (χ1v) is 13.0. The second-order valence-electron chi connectivity index (χ2n) is 8.47. The summed E-state index contributed by atoms with van der Waals surface area (Å²) in [5, 5.41) is 10.0. The van der Waals surface area contributed by atoms with E-state index in [9.17, 15) is 4.39 Å². The summed E-state index contributed by atoms with van der Waals surface area (Å²) in [7, 11) is 1.45. The van der Waals surface area contributed by atoms with Crippen LogP contribution < -0.4 is 20.7 Å². The van der Waals surface area contributed by atoms with Gasteiger partial charge in [0.25, 0.3) is 0 Å². The van der Waals surface area contributed by atoms with Gasteiger partial charge in [-0.3, -0.25) is 4.90 Å². The van der Waals surface area contributed by atoms with Crippen molar-refractivity contribution in [3.8, 4) is 5.75 Å². The zero-order valence-electron chi connectivity index (χ0n) is 19.4. The highest BCUT2D eigenvalue weighted by Gasteiger charge is 2.23. The number of thioether (sulfide) groups is 1. The number of nitrogens with one attached hydrogen (secondary N) is 3. The Hall–Kier alpha value is -2.33. The van der Waals surface area contributed by atoms with E-state index in [0.29, 0.717) is 35.6 Å². The summed E-state index contributed by atoms with van der Waals surface area (Å²) in [4.78, 5) is 16.3. The van der Waals surface area contributed by atoms with Crippen molar-refractivity contribution in [1.29, 1.82) is 0 Å². The van der Waals surface area contributed by atoms with E-state index in [0.717, 1.165) is 38.2 Å². The smallest absolute Gasteiger partial charge is 0.233 e. The quantitative estimate of drug-likeness (QED) is 0.490. The van der Waals surface area contributed by atoms with E-state index in [4.69, 9.17) is 4.74 Å². The van der Waals surface area contributed by atoms with Crippen LogP contribution in [0, 0.1) is 5.82 Å². The van der Waals surface area contributed by atoms with Crippen molar-refractivity contribution in [2.45, 2.75) is 51.1 Å². The number of hydrogen-bond donors (Lipinski definition) is 3. The van der Waals surface area contributed by atoms with Crippen LogP contribution in [0.3, 0.4) is 0 Å². The summed E-state index contributed by atoms with van der Waals surface area (Å²) in [6.07, 6.45) is 5.76. The van der Waals surface area contributed by atoms with E-state index >= 15 is 0 Å². The van der Waals surface area contributed by atoms with E-state index in [-0.39, 0.29) is 5.75 Å². The highest BCUT2D eigenvalue weighted by Crippen LogP contribution is 2.24. The normalized spacial score (nSPS) is 21.4. The molecule has 2 fully saturated rings. The van der Waals surface area contributed by atoms with Gasteiger partial charge in [0.1, 0.15) is 0 Å². The molecule has 0 aliphatic carbocycles. The van der Waals surface area contributed by atoms with Gasteiger partial charge in [0.2, 0.25) is 17.8 Å². The number of methoxy groups -OCH3 is 1. The van der Waals surface area contributed by atoms with Crippen molar-refractivity contribution in [3.05, 3.63) is 24.0 Å². The molecule has 33 heavy (non-hydrogen) atoms. The Balaban J connectivity index is 1.52. The van der Waals surface area contributed by atoms with Gasteiger partial charge in [-0.15, -0.1) is 0 Å². The number of benzene rings is 1. The van der Waals surface area contributed by atoms with Crippen LogP contribution in [0.1, 0.15) is 39.0 Å². The molecule has 1 aromatic heterocycles. The molecule has 3 heterocycles. The molecule has 2 aliphatic rings. The molecular formula is C23H34FN7OS. The van der Waals surface area contributed by atoms with Crippen LogP contribution >= 0.6 is 11.8 Å². The number of halogens is 1. The van der Waals surface area contributed by atoms with Crippen molar-refractivity contribution in [3.63, 3.8) is 0 Å². The number of ether oxygens (including phenoxy) is 1. The van der Waals surface area contributed by atoms with Crippen molar-refractivity contribution in [1.82, 2.24) is 19.9 Å². The van der Waals surface area contributed by atoms with Gasteiger partial charge >= 0.3 is 0 Å². The third-order valence-electron chi connectivity index (χ3n) is 6.23. The maximum Gasteiger partial charge on any atom is 0.233 e. The molecule has 0 saturated carbocycles. The summed E-state index contributed by atoms with van der Waals surface area (Å²) < 4.78 is 19.2. The summed E-state index contributed by atoms with van der Waals surface area (Å²) in [6, 6.07) is 5.52. The van der Waals surface area contributed by atoms with Gasteiger partial charge in [0.05, 0.1) is 7.11 Å². The molecule has 2 unspecified atom stereocenters. The van der Waals surface area contributed by atoms with Crippen LogP contribution in [0.15, 0.2) is 18.2 Å². The molecule has 2 aliphatic heterocycles. The molecule has 2 atom stereocenters. The second-order valence-corrected chi connectivity index (χ2v) is 9.70. The average Bonchev–Trinajstić information content (AvgIpc) is 3.12. The second kappa shape index (κ2) is 11.7. The third-order valence-corrected chi connectivity index (χ3v) is 7.33. The van der Waals surface area contributed by atoms with Gasteiger partial charge < -0.3 is 20.7 Å². The Morgan fingerprint density at radius 1 is 1.09 bits per heavy atom. The van der Waals surface area contributed by atoms with Gasteiger partial charge in [-0.05, 0) is 68.8 Å². The monoisotopic (exact) mass is 475 g/mol. The first-order chi connectivity index (χ1) is 16.1. The molecule has 3 N–H and O–H groups in total. The molecule has 0 bridgehead atoms. The first-order valence-electron chi connectivity index (χ1n) is 11.8. The van der Waals surface area contributed by atoms with Crippen molar-refractivity contribution >= 4 is 35.3 Å². The number of hydrogen-bond acceptors (Lipinski definition) is 9. The molecule has 10 heteroatoms. The van der Waals surface area contributed by atoms with Gasteiger partial charge in [-0.25, -0.2) is 4.39 Å². The number of aromatic nitrogens is 3. The predicted octanol–water partition coefficient (Wildman–Crippen LogP) is 4.36. The molecule has 2 saturated heterocycles. The SMILES string of the molecule is CCN1CCCC1CNc1nc(Nc2ccc(OC)c(F)c2)nc(NC2CCCSCC2)n1. The van der Waals surface area contributed by atoms with E-state index < -0.39 is 5.82 Å². The minimum Gasteiger partial charge on any atom is -0.494 e. The minimum absolute atomic E-state index is 0.198. The summed E-state index contributed by atoms with van der Waals surface area (Å²) in [5.41, 5.74) is 0.551. The standard InChI is InChI=1S/C23H34FN7OS/c1-3-31-11-4-7-18(31)15-25-21-28-22(26-16-6-5-12-33-13-10-16)30-23(29-21)27-17-8-9-20(32-2)19(24)14-17/h8-9,14,16,18H,3-7,10-13,15H2,1-2H3,(H3,25,26,27,28,29,30). The zero-order chi connectivity index (χ0) is 23.0. The van der Waals surface area contributed by atoms with Crippen molar-refractivity contribution in [2.24, 2.45) is 0 Å². The van der Waals surface area contributed by atoms with E-state index in [1.54, 1.807) is 12.1 Å². The van der Waals surface area contributed by atoms with Gasteiger partial charge in [0.15, 0.2) is 11.6 Å². The fourth-order valence-electron chi connectivity index (χ4n) is 4.43. The van der Waals surface area contributed by atoms with E-state index in [1.165, 1.54) is 38.2 Å². The van der Waals surface area contributed by atoms with E-state index in [1.807, 2.05) is 11.8 Å². The fourth-order valence-corrected chi connectivity index (χ4v) is 5.46. The largest absolute Gasteiger partial charge is 0.494 e. The molecule has 2 aromatic rings. The number of anilines is 4. The van der Waals surface area contributed by atoms with Crippen LogP contribution in [0.5, 0.6) is 5.75 Å². The maximum atomic E-state index is 14.2. The fraction of sp³-hybridized carbons (Fsp3) is 0.609. The van der Waals surface area contributed by atoms with Crippen LogP contribution in [0.25, 0.3) is 0 Å². The molecule has 0 amide bonds. The third kappa shape index (κ3) is 6.60. The van der Waals surface area contributed by atoms with E-state index in [2.05, 4.69) is 42.7 Å². The first kappa shape index (κ1) is 23.8. The predicted molar refractivity (Wildman–Crippen MR) is 133 cm³/mol. The zero-order valence-corrected chi connectivity index (χ0v) is 20.3. The van der Waals surface area contributed by atoms with Gasteiger partial charge in [0, 0.05) is 30.4 Å². The average molecular weight is 476 g/mol. The minimum atomic E-state index is -0.440. The molecule has 0 radical (unpaired) electrons. The highest BCUT2D eigenvalue weighted by molar-refractivity contribution is 7.99. The van der Waals surface area contributed by atoms with Gasteiger partial charge in [-0.1, -0.05) is 6.92 Å². The Bertz CT molecular complexity index is 910. The Labute approximate surface area is 199 Å². The topological polar surface area (TPSA) is 87.2 Å². The molecular weight excluding hydrogens is 441 g/mol. The van der Waals surface area contributed by atoms with Crippen LogP contribution in [0.2, 0.25) is 0 Å². The molecule has 4 rings (SSSR count). The lowest BCUT2D eigenvalue weighted by Crippen LogP contribution is -2.35.